The first-order valence-electron chi connectivity index (χ1n) is 15.5. The topological polar surface area (TPSA) is 33.6 Å². The summed E-state index contributed by atoms with van der Waals surface area (Å²) >= 11 is 0. The van der Waals surface area contributed by atoms with Crippen molar-refractivity contribution in [2.45, 2.75) is 0 Å². The highest BCUT2D eigenvalue weighted by molar-refractivity contribution is 6.12. The Kier molecular flexibility index (Phi) is 5.88. The molecule has 2 aromatic heterocycles. The van der Waals surface area contributed by atoms with Gasteiger partial charge in [0.1, 0.15) is 0 Å². The summed E-state index contributed by atoms with van der Waals surface area (Å²) in [4.78, 5) is 0. The minimum absolute atomic E-state index is 0.651. The van der Waals surface area contributed by atoms with Crippen molar-refractivity contribution in [3.05, 3.63) is 169 Å². The van der Waals surface area contributed by atoms with Gasteiger partial charge in [0, 0.05) is 32.9 Å². The number of aromatic nitrogens is 2. The number of nitriles is 1. The monoisotopic (exact) mass is 585 g/mol. The number of nitrogens with zero attached hydrogens (tertiary/aromatic N) is 3. The zero-order valence-electron chi connectivity index (χ0n) is 24.9. The minimum atomic E-state index is 0.651. The van der Waals surface area contributed by atoms with Crippen molar-refractivity contribution in [1.29, 1.82) is 5.26 Å². The summed E-state index contributed by atoms with van der Waals surface area (Å²) in [5.74, 6) is 0. The molecule has 9 aromatic rings. The molecule has 0 bridgehead atoms. The molecule has 0 aliphatic carbocycles. The van der Waals surface area contributed by atoms with E-state index < -0.39 is 0 Å². The average molecular weight is 586 g/mol. The fraction of sp³-hybridized carbons (Fsp3) is 0. The van der Waals surface area contributed by atoms with Crippen LogP contribution in [0.15, 0.2) is 164 Å². The Bertz CT molecular complexity index is 2620. The largest absolute Gasteiger partial charge is 0.309 e. The highest BCUT2D eigenvalue weighted by Gasteiger charge is 2.16. The molecule has 0 saturated heterocycles. The van der Waals surface area contributed by atoms with Gasteiger partial charge in [0.2, 0.25) is 0 Å². The average Bonchev–Trinajstić information content (AvgIpc) is 3.64. The molecule has 0 saturated carbocycles. The van der Waals surface area contributed by atoms with Gasteiger partial charge in [-0.25, -0.2) is 0 Å². The van der Waals surface area contributed by atoms with E-state index in [2.05, 4.69) is 161 Å². The third-order valence-corrected chi connectivity index (χ3v) is 9.15. The van der Waals surface area contributed by atoms with Crippen LogP contribution in [-0.4, -0.2) is 9.13 Å². The van der Waals surface area contributed by atoms with E-state index in [0.717, 1.165) is 38.7 Å². The van der Waals surface area contributed by atoms with E-state index in [1.807, 2.05) is 18.2 Å². The van der Waals surface area contributed by atoms with Crippen LogP contribution >= 0.6 is 0 Å². The molecule has 0 atom stereocenters. The summed E-state index contributed by atoms with van der Waals surface area (Å²) in [5, 5.41) is 14.5. The first-order chi connectivity index (χ1) is 22.8. The lowest BCUT2D eigenvalue weighted by atomic mass is 10.0. The van der Waals surface area contributed by atoms with Crippen LogP contribution in [0.1, 0.15) is 5.56 Å². The van der Waals surface area contributed by atoms with Crippen LogP contribution in [0, 0.1) is 11.3 Å². The van der Waals surface area contributed by atoms with Crippen molar-refractivity contribution in [1.82, 2.24) is 9.13 Å². The van der Waals surface area contributed by atoms with E-state index in [4.69, 9.17) is 0 Å². The van der Waals surface area contributed by atoms with Gasteiger partial charge in [-0.15, -0.1) is 0 Å². The second kappa shape index (κ2) is 10.4. The molecule has 0 aliphatic rings. The smallest absolute Gasteiger partial charge is 0.0992 e. The van der Waals surface area contributed by atoms with E-state index in [-0.39, 0.29) is 0 Å². The maximum Gasteiger partial charge on any atom is 0.0992 e. The lowest BCUT2D eigenvalue weighted by molar-refractivity contribution is 1.18. The molecule has 0 radical (unpaired) electrons. The highest BCUT2D eigenvalue weighted by atomic mass is 15.0. The maximum absolute atomic E-state index is 9.76. The van der Waals surface area contributed by atoms with Crippen molar-refractivity contribution in [2.24, 2.45) is 0 Å². The fourth-order valence-corrected chi connectivity index (χ4v) is 6.99. The zero-order chi connectivity index (χ0) is 30.6. The van der Waals surface area contributed by atoms with E-state index in [1.165, 1.54) is 38.5 Å². The van der Waals surface area contributed by atoms with Crippen LogP contribution in [0.4, 0.5) is 0 Å². The van der Waals surface area contributed by atoms with E-state index in [0.29, 0.717) is 5.56 Å². The van der Waals surface area contributed by atoms with Crippen molar-refractivity contribution < 1.29 is 0 Å². The van der Waals surface area contributed by atoms with Crippen LogP contribution in [0.25, 0.3) is 77.2 Å². The Balaban J connectivity index is 1.22. The van der Waals surface area contributed by atoms with Gasteiger partial charge < -0.3 is 9.13 Å². The lowest BCUT2D eigenvalue weighted by Crippen LogP contribution is -1.94. The zero-order valence-corrected chi connectivity index (χ0v) is 24.9. The molecule has 0 unspecified atom stereocenters. The molecule has 214 valence electrons. The van der Waals surface area contributed by atoms with Crippen molar-refractivity contribution in [2.75, 3.05) is 0 Å². The Morgan fingerprint density at radius 2 is 0.848 bits per heavy atom. The van der Waals surface area contributed by atoms with Crippen LogP contribution in [0.2, 0.25) is 0 Å². The minimum Gasteiger partial charge on any atom is -0.309 e. The van der Waals surface area contributed by atoms with E-state index in [9.17, 15) is 5.26 Å². The quantitative estimate of drug-likeness (QED) is 0.202. The van der Waals surface area contributed by atoms with Gasteiger partial charge in [-0.2, -0.15) is 5.26 Å². The first-order valence-corrected chi connectivity index (χ1v) is 15.5. The SMILES string of the molecule is N#Cc1ccc2c3cc(-c4ccc5c(c4)c4ccccc4n5-c4ccccc4)ccc3n(-c3ccc(-c4ccccc4)cc3)c2c1. The molecule has 0 spiro atoms. The second-order valence-corrected chi connectivity index (χ2v) is 11.7. The van der Waals surface area contributed by atoms with Crippen LogP contribution in [0.5, 0.6) is 0 Å². The Morgan fingerprint density at radius 3 is 1.52 bits per heavy atom. The molecule has 0 aliphatic heterocycles. The molecular weight excluding hydrogens is 558 g/mol. The van der Waals surface area contributed by atoms with Crippen LogP contribution in [0.3, 0.4) is 0 Å². The second-order valence-electron chi connectivity index (χ2n) is 11.7. The van der Waals surface area contributed by atoms with Crippen LogP contribution < -0.4 is 0 Å². The van der Waals surface area contributed by atoms with Gasteiger partial charge in [0.15, 0.2) is 0 Å². The summed E-state index contributed by atoms with van der Waals surface area (Å²) in [6.45, 7) is 0. The highest BCUT2D eigenvalue weighted by Crippen LogP contribution is 2.38. The molecule has 0 fully saturated rings. The van der Waals surface area contributed by atoms with Gasteiger partial charge >= 0.3 is 0 Å². The summed E-state index contributed by atoms with van der Waals surface area (Å²) < 4.78 is 4.63. The summed E-state index contributed by atoms with van der Waals surface area (Å²) in [5.41, 5.74) is 12.1. The summed E-state index contributed by atoms with van der Waals surface area (Å²) in [7, 11) is 0. The molecule has 46 heavy (non-hydrogen) atoms. The molecule has 3 nitrogen and oxygen atoms in total. The van der Waals surface area contributed by atoms with Gasteiger partial charge in [-0.1, -0.05) is 97.1 Å². The number of fused-ring (bicyclic) bond motifs is 6. The third-order valence-electron chi connectivity index (χ3n) is 9.15. The molecular formula is C43H27N3. The molecule has 0 N–H and O–H groups in total. The van der Waals surface area contributed by atoms with Crippen molar-refractivity contribution in [3.63, 3.8) is 0 Å². The first kappa shape index (κ1) is 26.1. The predicted octanol–water partition coefficient (Wildman–Crippen LogP) is 11.1. The third kappa shape index (κ3) is 4.05. The normalized spacial score (nSPS) is 11.5. The molecule has 2 heterocycles. The lowest BCUT2D eigenvalue weighted by Gasteiger charge is -2.10. The number of rotatable bonds is 4. The van der Waals surface area contributed by atoms with Gasteiger partial charge in [0.25, 0.3) is 0 Å². The van der Waals surface area contributed by atoms with Crippen molar-refractivity contribution in [3.8, 4) is 39.7 Å². The molecule has 9 rings (SSSR count). The maximum atomic E-state index is 9.76. The van der Waals surface area contributed by atoms with Gasteiger partial charge in [0.05, 0.1) is 33.7 Å². The summed E-state index contributed by atoms with van der Waals surface area (Å²) in [6.07, 6.45) is 0. The number of hydrogen-bond acceptors (Lipinski definition) is 1. The number of benzene rings is 7. The molecule has 0 amide bonds. The summed E-state index contributed by atoms with van der Waals surface area (Å²) in [6, 6.07) is 60.2. The van der Waals surface area contributed by atoms with E-state index >= 15 is 0 Å². The van der Waals surface area contributed by atoms with Crippen LogP contribution in [-0.2, 0) is 0 Å². The molecule has 7 aromatic carbocycles. The Hall–Kier alpha value is -6.37. The molecule has 3 heteroatoms. The van der Waals surface area contributed by atoms with Gasteiger partial charge in [-0.3, -0.25) is 0 Å². The van der Waals surface area contributed by atoms with Crippen molar-refractivity contribution >= 4 is 43.6 Å². The standard InChI is InChI=1S/C43H27N3/c44-28-29-15-22-37-39-27-33(19-24-42(39)46(43(37)25-29)35-20-16-31(17-21-35)30-9-3-1-4-10-30)32-18-23-41-38(26-32)36-13-7-8-14-40(36)45(41)34-11-5-2-6-12-34/h1-27H. The Labute approximate surface area is 266 Å². The van der Waals surface area contributed by atoms with E-state index in [1.54, 1.807) is 0 Å². The number of para-hydroxylation sites is 2. The Morgan fingerprint density at radius 1 is 0.348 bits per heavy atom. The fourth-order valence-electron chi connectivity index (χ4n) is 6.99. The van der Waals surface area contributed by atoms with Gasteiger partial charge in [-0.05, 0) is 89.0 Å². The predicted molar refractivity (Wildman–Crippen MR) is 191 cm³/mol. The number of hydrogen-bond donors (Lipinski definition) is 0.